The highest BCUT2D eigenvalue weighted by Crippen LogP contribution is 2.22. The summed E-state index contributed by atoms with van der Waals surface area (Å²) in [5, 5.41) is 6.77. The summed E-state index contributed by atoms with van der Waals surface area (Å²) in [6.07, 6.45) is 2.96. The Balaban J connectivity index is 0.00000392. The van der Waals surface area contributed by atoms with Crippen molar-refractivity contribution in [2.24, 2.45) is 10.9 Å². The van der Waals surface area contributed by atoms with Gasteiger partial charge in [-0.2, -0.15) is 0 Å². The van der Waals surface area contributed by atoms with Crippen molar-refractivity contribution in [2.75, 3.05) is 39.9 Å². The second-order valence-corrected chi connectivity index (χ2v) is 8.61. The topological polar surface area (TPSA) is 74.9 Å². The summed E-state index contributed by atoms with van der Waals surface area (Å²) in [7, 11) is 1.79. The average Bonchev–Trinajstić information content (AvgIpc) is 3.10. The largest absolute Gasteiger partial charge is 0.443 e. The first kappa shape index (κ1) is 25.2. The third kappa shape index (κ3) is 8.24. The number of aromatic nitrogens is 1. The van der Waals surface area contributed by atoms with E-state index in [1.807, 2.05) is 6.20 Å². The number of nitrogens with one attached hydrogen (secondary N) is 2. The van der Waals surface area contributed by atoms with Crippen LogP contribution in [0.25, 0.3) is 0 Å². The molecule has 1 aliphatic rings. The van der Waals surface area contributed by atoms with Gasteiger partial charge in [0.1, 0.15) is 5.76 Å². The summed E-state index contributed by atoms with van der Waals surface area (Å²) in [4.78, 5) is 11.2. The van der Waals surface area contributed by atoms with E-state index >= 15 is 0 Å². The van der Waals surface area contributed by atoms with E-state index < -0.39 is 0 Å². The third-order valence-electron chi connectivity index (χ3n) is 4.73. The van der Waals surface area contributed by atoms with Gasteiger partial charge in [-0.05, 0) is 12.3 Å². The fourth-order valence-electron chi connectivity index (χ4n) is 3.18. The number of guanidine groups is 1. The fourth-order valence-corrected chi connectivity index (χ4v) is 3.18. The van der Waals surface area contributed by atoms with Crippen LogP contribution in [0.1, 0.15) is 52.7 Å². The summed E-state index contributed by atoms with van der Waals surface area (Å²) in [6, 6.07) is 0.474. The second-order valence-electron chi connectivity index (χ2n) is 8.61. The molecule has 0 saturated carbocycles. The van der Waals surface area contributed by atoms with E-state index in [0.717, 1.165) is 51.0 Å². The number of aliphatic imine (C=N–C) groups is 1. The molecule has 28 heavy (non-hydrogen) atoms. The van der Waals surface area contributed by atoms with Crippen LogP contribution in [0.2, 0.25) is 0 Å². The monoisotopic (exact) mass is 507 g/mol. The molecular formula is C20H38IN5O2. The van der Waals surface area contributed by atoms with E-state index in [1.54, 1.807) is 7.05 Å². The smallest absolute Gasteiger partial charge is 0.213 e. The third-order valence-corrected chi connectivity index (χ3v) is 4.73. The molecule has 1 aromatic rings. The van der Waals surface area contributed by atoms with E-state index in [2.05, 4.69) is 60.1 Å². The normalized spacial score (nSPS) is 17.3. The quantitative estimate of drug-likeness (QED) is 0.336. The zero-order valence-electron chi connectivity index (χ0n) is 18.2. The summed E-state index contributed by atoms with van der Waals surface area (Å²) < 4.78 is 11.3. The Morgan fingerprint density at radius 3 is 2.46 bits per heavy atom. The van der Waals surface area contributed by atoms with Crippen molar-refractivity contribution in [1.82, 2.24) is 20.5 Å². The lowest BCUT2D eigenvalue weighted by Gasteiger charge is -2.35. The van der Waals surface area contributed by atoms with Gasteiger partial charge in [0.15, 0.2) is 5.96 Å². The highest BCUT2D eigenvalue weighted by molar-refractivity contribution is 14.0. The van der Waals surface area contributed by atoms with E-state index in [0.29, 0.717) is 24.4 Å². The zero-order valence-corrected chi connectivity index (χ0v) is 20.6. The maximum absolute atomic E-state index is 5.84. The van der Waals surface area contributed by atoms with Crippen molar-refractivity contribution < 1.29 is 9.15 Å². The van der Waals surface area contributed by atoms with Gasteiger partial charge in [-0.1, -0.05) is 34.6 Å². The number of hydrogen-bond donors (Lipinski definition) is 2. The molecule has 2 rings (SSSR count). The Morgan fingerprint density at radius 1 is 1.25 bits per heavy atom. The van der Waals surface area contributed by atoms with Gasteiger partial charge in [0.05, 0.1) is 26.0 Å². The minimum absolute atomic E-state index is 0. The van der Waals surface area contributed by atoms with Gasteiger partial charge in [0, 0.05) is 38.1 Å². The van der Waals surface area contributed by atoms with E-state index in [-0.39, 0.29) is 29.4 Å². The van der Waals surface area contributed by atoms with Crippen molar-refractivity contribution in [3.63, 3.8) is 0 Å². The Kier molecular flexibility index (Phi) is 10.8. The molecule has 0 bridgehead atoms. The van der Waals surface area contributed by atoms with Gasteiger partial charge < -0.3 is 19.8 Å². The number of oxazole rings is 1. The average molecular weight is 507 g/mol. The predicted octanol–water partition coefficient (Wildman–Crippen LogP) is 3.00. The molecule has 1 fully saturated rings. The van der Waals surface area contributed by atoms with Crippen molar-refractivity contribution in [3.05, 3.63) is 17.8 Å². The molecule has 1 saturated heterocycles. The molecular weight excluding hydrogens is 469 g/mol. The molecule has 2 N–H and O–H groups in total. The van der Waals surface area contributed by atoms with Crippen LogP contribution in [0.4, 0.5) is 0 Å². The number of halogens is 1. The van der Waals surface area contributed by atoms with Crippen LogP contribution in [0.5, 0.6) is 0 Å². The summed E-state index contributed by atoms with van der Waals surface area (Å²) in [5.41, 5.74) is -0.0343. The Hall–Kier alpha value is -0.870. The first-order valence-electron chi connectivity index (χ1n) is 10.0. The van der Waals surface area contributed by atoms with Gasteiger partial charge in [-0.15, -0.1) is 24.0 Å². The van der Waals surface area contributed by atoms with E-state index in [4.69, 9.17) is 9.15 Å². The highest BCUT2D eigenvalue weighted by atomic mass is 127. The lowest BCUT2D eigenvalue weighted by molar-refractivity contribution is 0.0132. The molecule has 0 aromatic carbocycles. The number of ether oxygens (including phenoxy) is 1. The molecule has 7 nitrogen and oxygen atoms in total. The van der Waals surface area contributed by atoms with Crippen LogP contribution in [-0.4, -0.2) is 61.8 Å². The lowest BCUT2D eigenvalue weighted by Crippen LogP contribution is -2.51. The molecule has 0 amide bonds. The molecule has 1 aliphatic heterocycles. The zero-order chi connectivity index (χ0) is 19.9. The van der Waals surface area contributed by atoms with Crippen LogP contribution in [-0.2, 0) is 16.7 Å². The molecule has 1 aromatic heterocycles. The molecule has 0 radical (unpaired) electrons. The van der Waals surface area contributed by atoms with E-state index in [1.165, 1.54) is 0 Å². The minimum Gasteiger partial charge on any atom is -0.443 e. The molecule has 1 unspecified atom stereocenters. The first-order valence-corrected chi connectivity index (χ1v) is 10.0. The minimum atomic E-state index is -0.0343. The molecule has 2 heterocycles. The predicted molar refractivity (Wildman–Crippen MR) is 124 cm³/mol. The summed E-state index contributed by atoms with van der Waals surface area (Å²) in [6.45, 7) is 15.9. The molecule has 8 heteroatoms. The fraction of sp³-hybridized carbons (Fsp3) is 0.800. The number of morpholine rings is 1. The molecule has 162 valence electrons. The van der Waals surface area contributed by atoms with Gasteiger partial charge in [-0.3, -0.25) is 9.89 Å². The van der Waals surface area contributed by atoms with Crippen LogP contribution in [0, 0.1) is 5.92 Å². The molecule has 0 aliphatic carbocycles. The summed E-state index contributed by atoms with van der Waals surface area (Å²) >= 11 is 0. The van der Waals surface area contributed by atoms with Crippen molar-refractivity contribution in [3.8, 4) is 0 Å². The van der Waals surface area contributed by atoms with Crippen LogP contribution in [0.15, 0.2) is 15.6 Å². The number of hydrogen-bond acceptors (Lipinski definition) is 5. The van der Waals surface area contributed by atoms with Crippen molar-refractivity contribution >= 4 is 29.9 Å². The van der Waals surface area contributed by atoms with Gasteiger partial charge in [0.25, 0.3) is 0 Å². The van der Waals surface area contributed by atoms with Crippen LogP contribution < -0.4 is 10.6 Å². The Labute approximate surface area is 187 Å². The van der Waals surface area contributed by atoms with Crippen molar-refractivity contribution in [2.45, 2.75) is 59.0 Å². The standard InChI is InChI=1S/C20H37N5O2.HI/c1-15(2)11-16(25-7-9-26-10-8-25)12-23-19(21-6)24-14-18-22-13-17(27-18)20(3,4)5;/h13,15-16H,7-12,14H2,1-6H3,(H2,21,23,24);1H. The lowest BCUT2D eigenvalue weighted by atomic mass is 9.94. The SMILES string of the molecule is CN=C(NCc1ncc(C(C)(C)C)o1)NCC(CC(C)C)N1CCOCC1.I. The van der Waals surface area contributed by atoms with Crippen LogP contribution >= 0.6 is 24.0 Å². The number of rotatable bonds is 7. The van der Waals surface area contributed by atoms with Gasteiger partial charge in [0.2, 0.25) is 5.89 Å². The first-order chi connectivity index (χ1) is 12.8. The molecule has 0 spiro atoms. The maximum Gasteiger partial charge on any atom is 0.213 e. The maximum atomic E-state index is 5.84. The summed E-state index contributed by atoms with van der Waals surface area (Å²) in [5.74, 6) is 2.99. The van der Waals surface area contributed by atoms with Crippen molar-refractivity contribution in [1.29, 1.82) is 0 Å². The Bertz CT molecular complexity index is 592. The highest BCUT2D eigenvalue weighted by Gasteiger charge is 2.22. The second kappa shape index (κ2) is 12.0. The number of nitrogens with zero attached hydrogens (tertiary/aromatic N) is 3. The van der Waals surface area contributed by atoms with E-state index in [9.17, 15) is 0 Å². The van der Waals surface area contributed by atoms with Gasteiger partial charge >= 0.3 is 0 Å². The van der Waals surface area contributed by atoms with Gasteiger partial charge in [-0.25, -0.2) is 4.98 Å². The molecule has 1 atom stereocenters. The Morgan fingerprint density at radius 2 is 1.93 bits per heavy atom. The van der Waals surface area contributed by atoms with Crippen LogP contribution in [0.3, 0.4) is 0 Å².